The van der Waals surface area contributed by atoms with Crippen molar-refractivity contribution in [3.63, 3.8) is 0 Å². The molecule has 2 atom stereocenters. The molecule has 2 rings (SSSR count). The zero-order valence-electron chi connectivity index (χ0n) is 9.47. The van der Waals surface area contributed by atoms with Crippen molar-refractivity contribution in [2.45, 2.75) is 25.4 Å². The summed E-state index contributed by atoms with van der Waals surface area (Å²) in [6.07, 6.45) is 0.971. The summed E-state index contributed by atoms with van der Waals surface area (Å²) in [5.74, 6) is -0.373. The smallest absolute Gasteiger partial charge is 0.126 e. The summed E-state index contributed by atoms with van der Waals surface area (Å²) in [7, 11) is 0. The van der Waals surface area contributed by atoms with E-state index in [1.54, 1.807) is 25.1 Å². The van der Waals surface area contributed by atoms with E-state index in [9.17, 15) is 8.78 Å². The van der Waals surface area contributed by atoms with Crippen LogP contribution in [0.15, 0.2) is 24.3 Å². The van der Waals surface area contributed by atoms with Gasteiger partial charge in [0.2, 0.25) is 0 Å². The van der Waals surface area contributed by atoms with E-state index in [0.717, 1.165) is 0 Å². The average molecular weight is 225 g/mol. The first kappa shape index (κ1) is 11.5. The highest BCUT2D eigenvalue weighted by Gasteiger charge is 2.36. The lowest BCUT2D eigenvalue weighted by Crippen LogP contribution is -2.46. The molecule has 1 heterocycles. The van der Waals surface area contributed by atoms with Crippen molar-refractivity contribution < 1.29 is 8.78 Å². The highest BCUT2D eigenvalue weighted by atomic mass is 19.1. The molecule has 88 valence electrons. The number of alkyl halides is 1. The average Bonchev–Trinajstić information content (AvgIpc) is 2.24. The standard InChI is InChI=1S/C13H17F2N/c1-13(15)6-7-16-9-11(13)8-10-4-2-3-5-12(10)14/h2-5,11,16H,6-9H2,1H3. The SMILES string of the molecule is CC1(F)CCNCC1Cc1ccccc1F. The molecular formula is C13H17F2N. The van der Waals surface area contributed by atoms with Crippen LogP contribution in [0.3, 0.4) is 0 Å². The lowest BCUT2D eigenvalue weighted by molar-refractivity contribution is 0.0671. The van der Waals surface area contributed by atoms with Crippen molar-refractivity contribution in [1.29, 1.82) is 0 Å². The minimum Gasteiger partial charge on any atom is -0.316 e. The Hall–Kier alpha value is -0.960. The minimum atomic E-state index is -1.19. The summed E-state index contributed by atoms with van der Waals surface area (Å²) < 4.78 is 27.6. The molecule has 0 aliphatic carbocycles. The molecule has 1 N–H and O–H groups in total. The van der Waals surface area contributed by atoms with E-state index < -0.39 is 5.67 Å². The van der Waals surface area contributed by atoms with Gasteiger partial charge < -0.3 is 5.32 Å². The van der Waals surface area contributed by atoms with E-state index >= 15 is 0 Å². The fourth-order valence-corrected chi connectivity index (χ4v) is 2.24. The molecule has 0 radical (unpaired) electrons. The van der Waals surface area contributed by atoms with Crippen molar-refractivity contribution in [1.82, 2.24) is 5.32 Å². The molecule has 1 aliphatic heterocycles. The van der Waals surface area contributed by atoms with E-state index in [-0.39, 0.29) is 11.7 Å². The van der Waals surface area contributed by atoms with Crippen LogP contribution >= 0.6 is 0 Å². The zero-order chi connectivity index (χ0) is 11.6. The number of hydrogen-bond donors (Lipinski definition) is 1. The van der Waals surface area contributed by atoms with Crippen LogP contribution in [0, 0.1) is 11.7 Å². The van der Waals surface area contributed by atoms with Crippen LogP contribution in [0.5, 0.6) is 0 Å². The van der Waals surface area contributed by atoms with Gasteiger partial charge in [-0.05, 0) is 37.9 Å². The summed E-state index contributed by atoms with van der Waals surface area (Å²) >= 11 is 0. The quantitative estimate of drug-likeness (QED) is 0.816. The van der Waals surface area contributed by atoms with Crippen molar-refractivity contribution in [3.8, 4) is 0 Å². The number of nitrogens with one attached hydrogen (secondary N) is 1. The molecule has 1 fully saturated rings. The molecule has 1 saturated heterocycles. The predicted molar refractivity (Wildman–Crippen MR) is 60.6 cm³/mol. The summed E-state index contributed by atoms with van der Waals surface area (Å²) in [6.45, 7) is 2.96. The summed E-state index contributed by atoms with van der Waals surface area (Å²) in [4.78, 5) is 0. The van der Waals surface area contributed by atoms with Gasteiger partial charge in [0, 0.05) is 12.5 Å². The highest BCUT2D eigenvalue weighted by molar-refractivity contribution is 5.18. The fourth-order valence-electron chi connectivity index (χ4n) is 2.24. The van der Waals surface area contributed by atoms with Gasteiger partial charge in [-0.25, -0.2) is 8.78 Å². The van der Waals surface area contributed by atoms with E-state index in [1.807, 2.05) is 0 Å². The Bertz CT molecular complexity index is 363. The molecule has 0 amide bonds. The molecule has 0 aromatic heterocycles. The summed E-state index contributed by atoms with van der Waals surface area (Å²) in [6, 6.07) is 6.62. The number of rotatable bonds is 2. The van der Waals surface area contributed by atoms with Gasteiger partial charge in [0.15, 0.2) is 0 Å². The van der Waals surface area contributed by atoms with Crippen LogP contribution in [0.1, 0.15) is 18.9 Å². The van der Waals surface area contributed by atoms with Crippen molar-refractivity contribution in [3.05, 3.63) is 35.6 Å². The largest absolute Gasteiger partial charge is 0.316 e. The van der Waals surface area contributed by atoms with Gasteiger partial charge in [-0.3, -0.25) is 0 Å². The Balaban J connectivity index is 2.12. The van der Waals surface area contributed by atoms with Gasteiger partial charge in [0.05, 0.1) is 0 Å². The third kappa shape index (κ3) is 2.40. The van der Waals surface area contributed by atoms with Crippen molar-refractivity contribution in [2.24, 2.45) is 5.92 Å². The normalized spacial score (nSPS) is 30.3. The minimum absolute atomic E-state index is 0.141. The first-order valence-corrected chi connectivity index (χ1v) is 5.72. The Morgan fingerprint density at radius 1 is 1.44 bits per heavy atom. The topological polar surface area (TPSA) is 12.0 Å². The van der Waals surface area contributed by atoms with Crippen LogP contribution in [-0.4, -0.2) is 18.8 Å². The van der Waals surface area contributed by atoms with E-state index in [4.69, 9.17) is 0 Å². The number of piperidine rings is 1. The van der Waals surface area contributed by atoms with Gasteiger partial charge in [-0.2, -0.15) is 0 Å². The third-order valence-corrected chi connectivity index (χ3v) is 3.46. The Kier molecular flexibility index (Phi) is 3.24. The Morgan fingerprint density at radius 2 is 2.19 bits per heavy atom. The van der Waals surface area contributed by atoms with Gasteiger partial charge in [-0.1, -0.05) is 18.2 Å². The molecular weight excluding hydrogens is 208 g/mol. The predicted octanol–water partition coefficient (Wildman–Crippen LogP) is 2.71. The van der Waals surface area contributed by atoms with Gasteiger partial charge in [0.25, 0.3) is 0 Å². The van der Waals surface area contributed by atoms with E-state index in [0.29, 0.717) is 31.5 Å². The fraction of sp³-hybridized carbons (Fsp3) is 0.538. The lowest BCUT2D eigenvalue weighted by atomic mass is 9.81. The first-order chi connectivity index (χ1) is 7.59. The number of benzene rings is 1. The second kappa shape index (κ2) is 4.50. The van der Waals surface area contributed by atoms with Gasteiger partial charge in [0.1, 0.15) is 11.5 Å². The maximum atomic E-state index is 14.2. The van der Waals surface area contributed by atoms with Gasteiger partial charge >= 0.3 is 0 Å². The van der Waals surface area contributed by atoms with E-state index in [1.165, 1.54) is 6.07 Å². The summed E-state index contributed by atoms with van der Waals surface area (Å²) in [5.41, 5.74) is -0.576. The molecule has 1 aromatic carbocycles. The molecule has 0 bridgehead atoms. The number of halogens is 2. The molecule has 1 nitrogen and oxygen atoms in total. The van der Waals surface area contributed by atoms with Gasteiger partial charge in [-0.15, -0.1) is 0 Å². The molecule has 3 heteroatoms. The molecule has 2 unspecified atom stereocenters. The van der Waals surface area contributed by atoms with Crippen LogP contribution in [0.2, 0.25) is 0 Å². The molecule has 16 heavy (non-hydrogen) atoms. The van der Waals surface area contributed by atoms with Crippen LogP contribution < -0.4 is 5.32 Å². The van der Waals surface area contributed by atoms with Crippen LogP contribution in [-0.2, 0) is 6.42 Å². The molecule has 1 aliphatic rings. The highest BCUT2D eigenvalue weighted by Crippen LogP contribution is 2.31. The lowest BCUT2D eigenvalue weighted by Gasteiger charge is -2.35. The maximum absolute atomic E-state index is 14.2. The molecule has 1 aromatic rings. The van der Waals surface area contributed by atoms with Crippen LogP contribution in [0.4, 0.5) is 8.78 Å². The Labute approximate surface area is 94.9 Å². The van der Waals surface area contributed by atoms with Crippen molar-refractivity contribution >= 4 is 0 Å². The van der Waals surface area contributed by atoms with E-state index in [2.05, 4.69) is 5.32 Å². The van der Waals surface area contributed by atoms with Crippen molar-refractivity contribution in [2.75, 3.05) is 13.1 Å². The molecule has 0 saturated carbocycles. The monoisotopic (exact) mass is 225 g/mol. The molecule has 0 spiro atoms. The Morgan fingerprint density at radius 3 is 2.88 bits per heavy atom. The first-order valence-electron chi connectivity index (χ1n) is 5.72. The van der Waals surface area contributed by atoms with Crippen LogP contribution in [0.25, 0.3) is 0 Å². The zero-order valence-corrected chi connectivity index (χ0v) is 9.47. The third-order valence-electron chi connectivity index (χ3n) is 3.46. The second-order valence-electron chi connectivity index (χ2n) is 4.72. The second-order valence-corrected chi connectivity index (χ2v) is 4.72. The maximum Gasteiger partial charge on any atom is 0.126 e. The number of hydrogen-bond acceptors (Lipinski definition) is 1. The summed E-state index contributed by atoms with van der Waals surface area (Å²) in [5, 5.41) is 3.17.